The molecule has 0 saturated carbocycles. The van der Waals surface area contributed by atoms with Gasteiger partial charge in [0.1, 0.15) is 11.4 Å². The van der Waals surface area contributed by atoms with Crippen LogP contribution >= 0.6 is 12.4 Å². The van der Waals surface area contributed by atoms with Crippen LogP contribution in [0, 0.1) is 5.82 Å². The van der Waals surface area contributed by atoms with Crippen LogP contribution in [0.25, 0.3) is 0 Å². The summed E-state index contributed by atoms with van der Waals surface area (Å²) in [5, 5.41) is 3.25. The number of hydrogen-bond acceptors (Lipinski definition) is 4. The van der Waals surface area contributed by atoms with Gasteiger partial charge in [-0.2, -0.15) is 0 Å². The van der Waals surface area contributed by atoms with Crippen LogP contribution in [-0.2, 0) is 9.53 Å². The molecule has 3 rings (SSSR count). The van der Waals surface area contributed by atoms with E-state index in [1.54, 1.807) is 18.1 Å². The van der Waals surface area contributed by atoms with Gasteiger partial charge in [0.2, 0.25) is 0 Å². The first-order chi connectivity index (χ1) is 12.6. The molecule has 0 radical (unpaired) electrons. The average Bonchev–Trinajstić information content (AvgIpc) is 2.93. The number of methoxy groups -OCH3 is 1. The fourth-order valence-corrected chi connectivity index (χ4v) is 3.75. The highest BCUT2D eigenvalue weighted by molar-refractivity contribution is 5.94. The lowest BCUT2D eigenvalue weighted by Gasteiger charge is -2.38. The highest BCUT2D eigenvalue weighted by Gasteiger charge is 2.42. The molecule has 1 N–H and O–H groups in total. The molecule has 2 fully saturated rings. The zero-order valence-corrected chi connectivity index (χ0v) is 16.4. The van der Waals surface area contributed by atoms with E-state index in [0.717, 1.165) is 13.1 Å². The van der Waals surface area contributed by atoms with Gasteiger partial charge in [0.05, 0.1) is 0 Å². The predicted octanol–water partition coefficient (Wildman–Crippen LogP) is 1.69. The molecule has 2 aliphatic heterocycles. The summed E-state index contributed by atoms with van der Waals surface area (Å²) < 4.78 is 19.0. The maximum atomic E-state index is 13.4. The van der Waals surface area contributed by atoms with Crippen LogP contribution in [0.4, 0.5) is 4.39 Å². The molecule has 2 heterocycles. The second-order valence-corrected chi connectivity index (χ2v) is 6.90. The van der Waals surface area contributed by atoms with Gasteiger partial charge in [-0.3, -0.25) is 9.59 Å². The topological polar surface area (TPSA) is 61.9 Å². The van der Waals surface area contributed by atoms with E-state index in [-0.39, 0.29) is 24.2 Å². The lowest BCUT2D eigenvalue weighted by Crippen LogP contribution is -2.56. The third kappa shape index (κ3) is 4.78. The van der Waals surface area contributed by atoms with Crippen molar-refractivity contribution in [2.45, 2.75) is 24.9 Å². The number of piperidine rings is 1. The van der Waals surface area contributed by atoms with Crippen molar-refractivity contribution in [3.8, 4) is 0 Å². The molecule has 1 aromatic carbocycles. The number of rotatable bonds is 3. The Morgan fingerprint density at radius 2 is 1.78 bits per heavy atom. The van der Waals surface area contributed by atoms with Gasteiger partial charge in [0.15, 0.2) is 0 Å². The molecule has 6 nitrogen and oxygen atoms in total. The fourth-order valence-electron chi connectivity index (χ4n) is 3.75. The Morgan fingerprint density at radius 1 is 1.11 bits per heavy atom. The van der Waals surface area contributed by atoms with Gasteiger partial charge in [-0.25, -0.2) is 4.39 Å². The summed E-state index contributed by atoms with van der Waals surface area (Å²) in [5.74, 6) is -0.598. The minimum absolute atomic E-state index is 0. The monoisotopic (exact) mass is 399 g/mol. The van der Waals surface area contributed by atoms with E-state index < -0.39 is 11.4 Å². The van der Waals surface area contributed by atoms with E-state index in [2.05, 4.69) is 5.32 Å². The van der Waals surface area contributed by atoms with E-state index in [0.29, 0.717) is 51.0 Å². The molecule has 1 aromatic rings. The molecule has 0 spiro atoms. The summed E-state index contributed by atoms with van der Waals surface area (Å²) in [6.45, 7) is 3.59. The molecule has 0 atom stereocenters. The number of carbonyl (C=O) groups excluding carboxylic acids is 2. The Labute approximate surface area is 165 Å². The summed E-state index contributed by atoms with van der Waals surface area (Å²) in [6, 6.07) is 5.73. The highest BCUT2D eigenvalue weighted by atomic mass is 35.5. The Morgan fingerprint density at radius 3 is 2.44 bits per heavy atom. The zero-order valence-electron chi connectivity index (χ0n) is 15.6. The standard InChI is InChI=1S/C19H26FN3O3.ClH/c1-26-19(6-8-21-9-7-19)18(25)23-11-3-10-22(12-13-23)17(24)15-4-2-5-16(20)14-15;/h2,4-5,14,21H,3,6-13H2,1H3;1H. The van der Waals surface area contributed by atoms with Crippen LogP contribution in [-0.4, -0.2) is 73.6 Å². The summed E-state index contributed by atoms with van der Waals surface area (Å²) in [7, 11) is 1.60. The predicted molar refractivity (Wildman–Crippen MR) is 103 cm³/mol. The van der Waals surface area contributed by atoms with Crippen molar-refractivity contribution in [1.29, 1.82) is 0 Å². The Kier molecular flexibility index (Phi) is 7.59. The number of halogens is 2. The van der Waals surface area contributed by atoms with Crippen LogP contribution < -0.4 is 5.32 Å². The largest absolute Gasteiger partial charge is 0.368 e. The molecular formula is C19H27ClFN3O3. The normalized spacial score (nSPS) is 19.8. The van der Waals surface area contributed by atoms with E-state index in [1.807, 2.05) is 4.90 Å². The molecule has 27 heavy (non-hydrogen) atoms. The van der Waals surface area contributed by atoms with Gasteiger partial charge in [0, 0.05) is 38.9 Å². The fraction of sp³-hybridized carbons (Fsp3) is 0.579. The highest BCUT2D eigenvalue weighted by Crippen LogP contribution is 2.26. The third-order valence-corrected chi connectivity index (χ3v) is 5.33. The minimum atomic E-state index is -0.757. The van der Waals surface area contributed by atoms with Crippen molar-refractivity contribution >= 4 is 24.2 Å². The molecule has 2 amide bonds. The maximum absolute atomic E-state index is 13.4. The minimum Gasteiger partial charge on any atom is -0.368 e. The van der Waals surface area contributed by atoms with Gasteiger partial charge >= 0.3 is 0 Å². The second kappa shape index (κ2) is 9.48. The average molecular weight is 400 g/mol. The molecule has 150 valence electrons. The summed E-state index contributed by atoms with van der Waals surface area (Å²) in [6.07, 6.45) is 2.01. The maximum Gasteiger partial charge on any atom is 0.254 e. The van der Waals surface area contributed by atoms with Crippen LogP contribution in [0.2, 0.25) is 0 Å². The molecular weight excluding hydrogens is 373 g/mol. The van der Waals surface area contributed by atoms with Crippen molar-refractivity contribution in [1.82, 2.24) is 15.1 Å². The van der Waals surface area contributed by atoms with Gasteiger partial charge in [-0.1, -0.05) is 6.07 Å². The third-order valence-electron chi connectivity index (χ3n) is 5.33. The van der Waals surface area contributed by atoms with Crippen LogP contribution in [0.15, 0.2) is 24.3 Å². The summed E-state index contributed by atoms with van der Waals surface area (Å²) in [5.41, 5.74) is -0.413. The Bertz CT molecular complexity index is 667. The van der Waals surface area contributed by atoms with Gasteiger partial charge in [0.25, 0.3) is 11.8 Å². The molecule has 0 aromatic heterocycles. The first-order valence-corrected chi connectivity index (χ1v) is 9.16. The molecule has 2 saturated heterocycles. The second-order valence-electron chi connectivity index (χ2n) is 6.90. The van der Waals surface area contributed by atoms with Crippen LogP contribution in [0.1, 0.15) is 29.6 Å². The Hall–Kier alpha value is -1.70. The number of ether oxygens (including phenoxy) is 1. The molecule has 0 bridgehead atoms. The lowest BCUT2D eigenvalue weighted by atomic mass is 9.90. The molecule has 0 aliphatic carbocycles. The number of benzene rings is 1. The van der Waals surface area contributed by atoms with Gasteiger partial charge in [-0.05, 0) is 50.6 Å². The summed E-state index contributed by atoms with van der Waals surface area (Å²) >= 11 is 0. The molecule has 8 heteroatoms. The quantitative estimate of drug-likeness (QED) is 0.840. The van der Waals surface area contributed by atoms with Crippen molar-refractivity contribution < 1.29 is 18.7 Å². The molecule has 0 unspecified atom stereocenters. The number of hydrogen-bond donors (Lipinski definition) is 1. The van der Waals surface area contributed by atoms with E-state index in [1.165, 1.54) is 18.2 Å². The smallest absolute Gasteiger partial charge is 0.254 e. The number of nitrogens with zero attached hydrogens (tertiary/aromatic N) is 2. The molecule has 2 aliphatic rings. The number of carbonyl (C=O) groups is 2. The SMILES string of the molecule is COC1(C(=O)N2CCCN(C(=O)c3cccc(F)c3)CC2)CCNCC1.Cl. The van der Waals surface area contributed by atoms with E-state index in [4.69, 9.17) is 4.74 Å². The van der Waals surface area contributed by atoms with Crippen molar-refractivity contribution in [3.63, 3.8) is 0 Å². The summed E-state index contributed by atoms with van der Waals surface area (Å²) in [4.78, 5) is 29.2. The number of nitrogens with one attached hydrogen (secondary N) is 1. The Balaban J connectivity index is 0.00000261. The van der Waals surface area contributed by atoms with E-state index >= 15 is 0 Å². The van der Waals surface area contributed by atoms with Crippen LogP contribution in [0.5, 0.6) is 0 Å². The lowest BCUT2D eigenvalue weighted by molar-refractivity contribution is -0.158. The first kappa shape index (κ1) is 21.6. The van der Waals surface area contributed by atoms with Gasteiger partial charge < -0.3 is 19.9 Å². The van der Waals surface area contributed by atoms with Crippen molar-refractivity contribution in [2.75, 3.05) is 46.4 Å². The van der Waals surface area contributed by atoms with E-state index in [9.17, 15) is 14.0 Å². The first-order valence-electron chi connectivity index (χ1n) is 9.16. The van der Waals surface area contributed by atoms with Gasteiger partial charge in [-0.15, -0.1) is 12.4 Å². The zero-order chi connectivity index (χ0) is 18.6. The van der Waals surface area contributed by atoms with Crippen molar-refractivity contribution in [2.24, 2.45) is 0 Å². The van der Waals surface area contributed by atoms with Crippen molar-refractivity contribution in [3.05, 3.63) is 35.6 Å². The number of amides is 2. The van der Waals surface area contributed by atoms with Crippen LogP contribution in [0.3, 0.4) is 0 Å².